The summed E-state index contributed by atoms with van der Waals surface area (Å²) in [5.74, 6) is -0.681. The minimum absolute atomic E-state index is 0.0305. The van der Waals surface area contributed by atoms with Crippen LogP contribution in [0, 0.1) is 17.2 Å². The smallest absolute Gasteiger partial charge is 0.314 e. The lowest BCUT2D eigenvalue weighted by Gasteiger charge is -2.48. The molecule has 2 aromatic rings. The van der Waals surface area contributed by atoms with E-state index in [-0.39, 0.29) is 11.3 Å². The van der Waals surface area contributed by atoms with Crippen LogP contribution >= 0.6 is 0 Å². The van der Waals surface area contributed by atoms with E-state index in [1.165, 1.54) is 0 Å². The second-order valence-corrected chi connectivity index (χ2v) is 9.08. The Morgan fingerprint density at radius 1 is 1.00 bits per heavy atom. The van der Waals surface area contributed by atoms with E-state index in [4.69, 9.17) is 0 Å². The van der Waals surface area contributed by atoms with Gasteiger partial charge in [0.1, 0.15) is 0 Å². The molecule has 0 radical (unpaired) electrons. The molecule has 1 N–H and O–H groups in total. The average molecular weight is 403 g/mol. The molecule has 4 rings (SSSR count). The molecular formula is C26H30N2O2. The molecule has 1 heterocycles. The number of nitriles is 1. The molecule has 2 aliphatic rings. The number of hydrogen-bond donors (Lipinski definition) is 1. The van der Waals surface area contributed by atoms with E-state index in [1.807, 2.05) is 48.5 Å². The van der Waals surface area contributed by atoms with Gasteiger partial charge in [0.05, 0.1) is 16.9 Å². The van der Waals surface area contributed by atoms with Crippen molar-refractivity contribution >= 4 is 5.97 Å². The average Bonchev–Trinajstić information content (AvgIpc) is 2.80. The highest BCUT2D eigenvalue weighted by Gasteiger charge is 2.50. The summed E-state index contributed by atoms with van der Waals surface area (Å²) in [6.07, 6.45) is 4.34. The number of rotatable bonds is 4. The predicted molar refractivity (Wildman–Crippen MR) is 117 cm³/mol. The summed E-state index contributed by atoms with van der Waals surface area (Å²) >= 11 is 0. The first kappa shape index (κ1) is 20.6. The molecule has 156 valence electrons. The van der Waals surface area contributed by atoms with Gasteiger partial charge in [-0.2, -0.15) is 5.26 Å². The number of nitrogens with zero attached hydrogens (tertiary/aromatic N) is 2. The monoisotopic (exact) mass is 402 g/mol. The summed E-state index contributed by atoms with van der Waals surface area (Å²) in [5.41, 5.74) is 0.855. The molecule has 1 saturated heterocycles. The van der Waals surface area contributed by atoms with Crippen molar-refractivity contribution in [2.24, 2.45) is 5.92 Å². The van der Waals surface area contributed by atoms with E-state index in [1.54, 1.807) is 0 Å². The zero-order valence-corrected chi connectivity index (χ0v) is 17.6. The number of carbonyl (C=O) groups is 1. The zero-order chi connectivity index (χ0) is 21.2. The maximum absolute atomic E-state index is 12.4. The lowest BCUT2D eigenvalue weighted by molar-refractivity contribution is -0.149. The highest BCUT2D eigenvalue weighted by Crippen LogP contribution is 2.44. The Balaban J connectivity index is 1.47. The van der Waals surface area contributed by atoms with Crippen molar-refractivity contribution < 1.29 is 9.90 Å². The van der Waals surface area contributed by atoms with Gasteiger partial charge in [0.15, 0.2) is 0 Å². The first-order valence-corrected chi connectivity index (χ1v) is 11.0. The molecule has 0 bridgehead atoms. The minimum atomic E-state index is -0.813. The molecule has 1 saturated carbocycles. The quantitative estimate of drug-likeness (QED) is 0.801. The van der Waals surface area contributed by atoms with E-state index < -0.39 is 11.4 Å². The predicted octanol–water partition coefficient (Wildman–Crippen LogP) is 4.75. The Morgan fingerprint density at radius 3 is 2.07 bits per heavy atom. The third-order valence-corrected chi connectivity index (χ3v) is 7.68. The molecular weight excluding hydrogens is 372 g/mol. The third kappa shape index (κ3) is 3.42. The van der Waals surface area contributed by atoms with Gasteiger partial charge >= 0.3 is 5.97 Å². The van der Waals surface area contributed by atoms with Crippen molar-refractivity contribution in [2.45, 2.75) is 55.9 Å². The molecule has 0 spiro atoms. The van der Waals surface area contributed by atoms with Gasteiger partial charge in [-0.05, 0) is 55.7 Å². The second kappa shape index (κ2) is 8.24. The largest absolute Gasteiger partial charge is 0.481 e. The topological polar surface area (TPSA) is 64.3 Å². The molecule has 2 aromatic carbocycles. The molecule has 0 unspecified atom stereocenters. The molecule has 1 aliphatic carbocycles. The number of carboxylic acid groups (broad SMARTS) is 1. The van der Waals surface area contributed by atoms with Crippen molar-refractivity contribution in [3.05, 3.63) is 71.8 Å². The maximum atomic E-state index is 12.4. The fraction of sp³-hybridized carbons (Fsp3) is 0.462. The molecule has 0 aromatic heterocycles. The van der Waals surface area contributed by atoms with Crippen LogP contribution in [0.4, 0.5) is 0 Å². The number of piperidine rings is 1. The standard InChI is InChI=1S/C26H30N2O2/c1-20-18-28(17-16-26(20,24(29)30)22-10-6-3-7-11-22)23-12-14-25(19-27,15-13-23)21-8-4-2-5-9-21/h2-11,20,23H,12-18H2,1H3,(H,29,30)/t20-,23?,25?,26-/m1/s1. The van der Waals surface area contributed by atoms with Gasteiger partial charge in [-0.1, -0.05) is 67.6 Å². The maximum Gasteiger partial charge on any atom is 0.314 e. The molecule has 1 aliphatic heterocycles. The summed E-state index contributed by atoms with van der Waals surface area (Å²) in [4.78, 5) is 14.9. The second-order valence-electron chi connectivity index (χ2n) is 9.08. The normalized spacial score (nSPS) is 32.3. The van der Waals surface area contributed by atoms with Crippen LogP contribution in [-0.2, 0) is 15.6 Å². The molecule has 2 fully saturated rings. The Labute approximate surface area is 179 Å². The summed E-state index contributed by atoms with van der Waals surface area (Å²) in [7, 11) is 0. The fourth-order valence-electron chi connectivity index (χ4n) is 5.79. The number of likely N-dealkylation sites (tertiary alicyclic amines) is 1. The number of hydrogen-bond acceptors (Lipinski definition) is 3. The van der Waals surface area contributed by atoms with Crippen molar-refractivity contribution in [3.8, 4) is 6.07 Å². The summed E-state index contributed by atoms with van der Waals surface area (Å²) < 4.78 is 0. The van der Waals surface area contributed by atoms with Crippen LogP contribution in [0.2, 0.25) is 0 Å². The van der Waals surface area contributed by atoms with Gasteiger partial charge in [-0.3, -0.25) is 4.79 Å². The first-order valence-electron chi connectivity index (χ1n) is 11.0. The number of aliphatic carboxylic acids is 1. The van der Waals surface area contributed by atoms with Gasteiger partial charge in [-0.25, -0.2) is 0 Å². The van der Waals surface area contributed by atoms with Crippen molar-refractivity contribution in [1.82, 2.24) is 4.90 Å². The lowest BCUT2D eigenvalue weighted by atomic mass is 9.65. The van der Waals surface area contributed by atoms with Crippen LogP contribution in [0.15, 0.2) is 60.7 Å². The van der Waals surface area contributed by atoms with Gasteiger partial charge in [0.25, 0.3) is 0 Å². The lowest BCUT2D eigenvalue weighted by Crippen LogP contribution is -2.56. The molecule has 0 amide bonds. The van der Waals surface area contributed by atoms with Crippen LogP contribution in [0.3, 0.4) is 0 Å². The highest BCUT2D eigenvalue weighted by molar-refractivity contribution is 5.82. The minimum Gasteiger partial charge on any atom is -0.481 e. The Bertz CT molecular complexity index is 913. The van der Waals surface area contributed by atoms with Crippen LogP contribution in [0.25, 0.3) is 0 Å². The van der Waals surface area contributed by atoms with Crippen molar-refractivity contribution in [2.75, 3.05) is 13.1 Å². The first-order chi connectivity index (χ1) is 14.5. The molecule has 4 nitrogen and oxygen atoms in total. The third-order valence-electron chi connectivity index (χ3n) is 7.68. The Kier molecular flexibility index (Phi) is 5.66. The van der Waals surface area contributed by atoms with Gasteiger partial charge < -0.3 is 10.0 Å². The summed E-state index contributed by atoms with van der Waals surface area (Å²) in [6, 6.07) is 23.0. The van der Waals surface area contributed by atoms with Crippen LogP contribution in [0.1, 0.15) is 50.2 Å². The van der Waals surface area contributed by atoms with E-state index >= 15 is 0 Å². The Hall–Kier alpha value is -2.64. The van der Waals surface area contributed by atoms with E-state index in [9.17, 15) is 15.2 Å². The van der Waals surface area contributed by atoms with Crippen LogP contribution in [0.5, 0.6) is 0 Å². The van der Waals surface area contributed by atoms with Crippen LogP contribution in [-0.4, -0.2) is 35.1 Å². The zero-order valence-electron chi connectivity index (χ0n) is 17.6. The molecule has 2 atom stereocenters. The fourth-order valence-corrected chi connectivity index (χ4v) is 5.79. The van der Waals surface area contributed by atoms with Crippen LogP contribution < -0.4 is 0 Å². The molecule has 4 heteroatoms. The van der Waals surface area contributed by atoms with Crippen molar-refractivity contribution in [3.63, 3.8) is 0 Å². The van der Waals surface area contributed by atoms with Crippen molar-refractivity contribution in [1.29, 1.82) is 5.26 Å². The van der Waals surface area contributed by atoms with E-state index in [0.29, 0.717) is 12.5 Å². The van der Waals surface area contributed by atoms with Gasteiger partial charge in [-0.15, -0.1) is 0 Å². The number of benzene rings is 2. The number of carboxylic acids is 1. The van der Waals surface area contributed by atoms with Gasteiger partial charge in [0.2, 0.25) is 0 Å². The SMILES string of the molecule is C[C@@H]1CN(C2CCC(C#N)(c3ccccc3)CC2)CC[C@]1(C(=O)O)c1ccccc1. The Morgan fingerprint density at radius 2 is 1.57 bits per heavy atom. The van der Waals surface area contributed by atoms with Gasteiger partial charge in [0, 0.05) is 12.6 Å². The molecule has 30 heavy (non-hydrogen) atoms. The van der Waals surface area contributed by atoms with E-state index in [0.717, 1.165) is 49.9 Å². The highest BCUT2D eigenvalue weighted by atomic mass is 16.4. The summed E-state index contributed by atoms with van der Waals surface area (Å²) in [6.45, 7) is 3.66. The van der Waals surface area contributed by atoms with E-state index in [2.05, 4.69) is 30.0 Å². The summed E-state index contributed by atoms with van der Waals surface area (Å²) in [5, 5.41) is 20.1.